The van der Waals surface area contributed by atoms with Crippen molar-refractivity contribution in [3.8, 4) is 0 Å². The van der Waals surface area contributed by atoms with E-state index < -0.39 is 11.7 Å². The summed E-state index contributed by atoms with van der Waals surface area (Å²) in [7, 11) is 0. The van der Waals surface area contributed by atoms with E-state index >= 15 is 0 Å². The first kappa shape index (κ1) is 18.7. The molecule has 2 N–H and O–H groups in total. The number of piperazine rings is 1. The van der Waals surface area contributed by atoms with Gasteiger partial charge in [-0.2, -0.15) is 13.2 Å². The van der Waals surface area contributed by atoms with Crippen molar-refractivity contribution in [2.45, 2.75) is 25.4 Å². The highest BCUT2D eigenvalue weighted by Crippen LogP contribution is 2.31. The highest BCUT2D eigenvalue weighted by molar-refractivity contribution is 5.76. The number of carbonyl (C=O) groups is 1. The van der Waals surface area contributed by atoms with E-state index in [9.17, 15) is 18.0 Å². The average molecular weight is 343 g/mol. The van der Waals surface area contributed by atoms with E-state index in [4.69, 9.17) is 0 Å². The Morgan fingerprint density at radius 2 is 2.04 bits per heavy atom. The largest absolute Gasteiger partial charge is 0.416 e. The number of benzene rings is 1. The Bertz CT molecular complexity index is 542. The minimum absolute atomic E-state index is 0.130. The predicted molar refractivity (Wildman–Crippen MR) is 86.8 cm³/mol. The van der Waals surface area contributed by atoms with Gasteiger partial charge in [0.25, 0.3) is 0 Å². The fourth-order valence-electron chi connectivity index (χ4n) is 2.78. The normalized spacial score (nSPS) is 17.5. The summed E-state index contributed by atoms with van der Waals surface area (Å²) in [5.41, 5.74) is -0.145. The van der Waals surface area contributed by atoms with Crippen molar-refractivity contribution < 1.29 is 18.0 Å². The van der Waals surface area contributed by atoms with Crippen LogP contribution in [0.3, 0.4) is 0 Å². The van der Waals surface area contributed by atoms with Crippen molar-refractivity contribution in [2.24, 2.45) is 0 Å². The molecule has 1 aromatic rings. The first-order valence-corrected chi connectivity index (χ1v) is 8.23. The summed E-state index contributed by atoms with van der Waals surface area (Å²) >= 11 is 0. The third-order valence-electron chi connectivity index (χ3n) is 4.23. The Balaban J connectivity index is 1.78. The smallest absolute Gasteiger partial charge is 0.355 e. The molecule has 4 nitrogen and oxygen atoms in total. The fourth-order valence-corrected chi connectivity index (χ4v) is 2.78. The Hall–Kier alpha value is -1.60. The molecule has 2 rings (SSSR count). The Labute approximate surface area is 140 Å². The van der Waals surface area contributed by atoms with E-state index in [2.05, 4.69) is 15.5 Å². The van der Waals surface area contributed by atoms with Crippen LogP contribution in [-0.4, -0.2) is 50.1 Å². The number of alkyl halides is 3. The molecule has 7 heteroatoms. The van der Waals surface area contributed by atoms with Crippen molar-refractivity contribution in [3.05, 3.63) is 35.4 Å². The van der Waals surface area contributed by atoms with Crippen molar-refractivity contribution in [2.75, 3.05) is 39.3 Å². The number of nitrogens with zero attached hydrogens (tertiary/aromatic N) is 1. The number of nitrogens with one attached hydrogen (secondary N) is 2. The van der Waals surface area contributed by atoms with Crippen LogP contribution in [0, 0.1) is 0 Å². The molecule has 24 heavy (non-hydrogen) atoms. The molecule has 134 valence electrons. The summed E-state index contributed by atoms with van der Waals surface area (Å²) < 4.78 is 38.2. The standard InChI is InChI=1S/C17H24F3N3O/c1-13(14-3-2-4-15(12-14)17(18,19)20)11-16(24)22-7-10-23-8-5-21-6-9-23/h2-4,12-13,21H,5-11H2,1H3,(H,22,24). The van der Waals surface area contributed by atoms with Gasteiger partial charge in [0, 0.05) is 45.7 Å². The summed E-state index contributed by atoms with van der Waals surface area (Å²) in [4.78, 5) is 14.3. The van der Waals surface area contributed by atoms with E-state index in [1.807, 2.05) is 0 Å². The predicted octanol–water partition coefficient (Wildman–Crippen LogP) is 2.22. The summed E-state index contributed by atoms with van der Waals surface area (Å²) in [6.45, 7) is 6.99. The van der Waals surface area contributed by atoms with Gasteiger partial charge in [0.05, 0.1) is 5.56 Å². The molecule has 1 saturated heterocycles. The monoisotopic (exact) mass is 343 g/mol. The van der Waals surface area contributed by atoms with Gasteiger partial charge in [0.1, 0.15) is 0 Å². The zero-order valence-corrected chi connectivity index (χ0v) is 13.8. The second-order valence-corrected chi connectivity index (χ2v) is 6.17. The van der Waals surface area contributed by atoms with E-state index in [-0.39, 0.29) is 18.2 Å². The summed E-state index contributed by atoms with van der Waals surface area (Å²) in [6.07, 6.45) is -4.18. The molecule has 1 amide bonds. The van der Waals surface area contributed by atoms with Crippen LogP contribution in [0.2, 0.25) is 0 Å². The third-order valence-corrected chi connectivity index (χ3v) is 4.23. The van der Waals surface area contributed by atoms with Gasteiger partial charge in [-0.1, -0.05) is 25.1 Å². The first-order chi connectivity index (χ1) is 11.4. The van der Waals surface area contributed by atoms with Crippen LogP contribution in [0.1, 0.15) is 30.4 Å². The number of carbonyl (C=O) groups excluding carboxylic acids is 1. The van der Waals surface area contributed by atoms with Crippen LogP contribution in [0.5, 0.6) is 0 Å². The van der Waals surface area contributed by atoms with Crippen LogP contribution in [0.25, 0.3) is 0 Å². The summed E-state index contributed by atoms with van der Waals surface area (Å²) in [6, 6.07) is 5.19. The number of halogens is 3. The van der Waals surface area contributed by atoms with Crippen molar-refractivity contribution in [1.82, 2.24) is 15.5 Å². The molecule has 1 heterocycles. The van der Waals surface area contributed by atoms with E-state index in [1.165, 1.54) is 6.07 Å². The van der Waals surface area contributed by atoms with Gasteiger partial charge in [0.2, 0.25) is 5.91 Å². The highest BCUT2D eigenvalue weighted by Gasteiger charge is 2.30. The molecular weight excluding hydrogens is 319 g/mol. The maximum atomic E-state index is 12.7. The van der Waals surface area contributed by atoms with E-state index in [1.54, 1.807) is 13.0 Å². The molecule has 1 fully saturated rings. The molecule has 1 aliphatic rings. The minimum atomic E-state index is -4.36. The van der Waals surface area contributed by atoms with Crippen LogP contribution >= 0.6 is 0 Å². The zero-order valence-electron chi connectivity index (χ0n) is 13.8. The highest BCUT2D eigenvalue weighted by atomic mass is 19.4. The quantitative estimate of drug-likeness (QED) is 0.832. The van der Waals surface area contributed by atoms with Crippen LogP contribution in [0.4, 0.5) is 13.2 Å². The van der Waals surface area contributed by atoms with Crippen molar-refractivity contribution >= 4 is 5.91 Å². The zero-order chi connectivity index (χ0) is 17.6. The maximum Gasteiger partial charge on any atom is 0.416 e. The molecule has 0 aromatic heterocycles. The lowest BCUT2D eigenvalue weighted by Gasteiger charge is -2.27. The number of hydrogen-bond acceptors (Lipinski definition) is 3. The Morgan fingerprint density at radius 3 is 2.71 bits per heavy atom. The van der Waals surface area contributed by atoms with Gasteiger partial charge >= 0.3 is 6.18 Å². The average Bonchev–Trinajstić information content (AvgIpc) is 2.55. The van der Waals surface area contributed by atoms with E-state index in [0.717, 1.165) is 44.9 Å². The number of amides is 1. The lowest BCUT2D eigenvalue weighted by atomic mass is 9.95. The van der Waals surface area contributed by atoms with Gasteiger partial charge in [-0.05, 0) is 17.5 Å². The van der Waals surface area contributed by atoms with Gasteiger partial charge in [-0.25, -0.2) is 0 Å². The Morgan fingerprint density at radius 1 is 1.33 bits per heavy atom. The van der Waals surface area contributed by atoms with Gasteiger partial charge < -0.3 is 10.6 Å². The third kappa shape index (κ3) is 5.79. The van der Waals surface area contributed by atoms with Crippen LogP contribution < -0.4 is 10.6 Å². The molecule has 0 saturated carbocycles. The van der Waals surface area contributed by atoms with Gasteiger partial charge in [-0.3, -0.25) is 9.69 Å². The van der Waals surface area contributed by atoms with Crippen LogP contribution in [0.15, 0.2) is 24.3 Å². The van der Waals surface area contributed by atoms with Crippen LogP contribution in [-0.2, 0) is 11.0 Å². The molecule has 0 aliphatic carbocycles. The number of rotatable bonds is 6. The fraction of sp³-hybridized carbons (Fsp3) is 0.588. The maximum absolute atomic E-state index is 12.7. The lowest BCUT2D eigenvalue weighted by molar-refractivity contribution is -0.137. The van der Waals surface area contributed by atoms with E-state index in [0.29, 0.717) is 12.1 Å². The molecule has 1 aromatic carbocycles. The second-order valence-electron chi connectivity index (χ2n) is 6.17. The number of hydrogen-bond donors (Lipinski definition) is 2. The molecule has 0 spiro atoms. The molecule has 0 bridgehead atoms. The van der Waals surface area contributed by atoms with Gasteiger partial charge in [-0.15, -0.1) is 0 Å². The second kappa shape index (κ2) is 8.48. The molecular formula is C17H24F3N3O. The summed E-state index contributed by atoms with van der Waals surface area (Å²) in [5.74, 6) is -0.387. The molecule has 1 unspecified atom stereocenters. The summed E-state index contributed by atoms with van der Waals surface area (Å²) in [5, 5.41) is 6.12. The van der Waals surface area contributed by atoms with Crippen molar-refractivity contribution in [1.29, 1.82) is 0 Å². The topological polar surface area (TPSA) is 44.4 Å². The SMILES string of the molecule is CC(CC(=O)NCCN1CCNCC1)c1cccc(C(F)(F)F)c1. The minimum Gasteiger partial charge on any atom is -0.355 e. The van der Waals surface area contributed by atoms with Gasteiger partial charge in [0.15, 0.2) is 0 Å². The Kier molecular flexibility index (Phi) is 6.62. The van der Waals surface area contributed by atoms with Crippen molar-refractivity contribution in [3.63, 3.8) is 0 Å². The molecule has 0 radical (unpaired) electrons. The lowest BCUT2D eigenvalue weighted by Crippen LogP contribution is -2.46. The first-order valence-electron chi connectivity index (χ1n) is 8.23. The molecule has 1 atom stereocenters. The molecule has 1 aliphatic heterocycles.